The summed E-state index contributed by atoms with van der Waals surface area (Å²) in [6.07, 6.45) is 0.892. The van der Waals surface area contributed by atoms with E-state index >= 15 is 0 Å². The lowest BCUT2D eigenvalue weighted by Crippen LogP contribution is -2.37. The molecule has 4 heteroatoms. The van der Waals surface area contributed by atoms with Crippen LogP contribution in [0.5, 0.6) is 0 Å². The van der Waals surface area contributed by atoms with Gasteiger partial charge in [-0.1, -0.05) is 85.0 Å². The monoisotopic (exact) mass is 450 g/mol. The topological polar surface area (TPSA) is 30.9 Å². The Balaban J connectivity index is 1.49. The summed E-state index contributed by atoms with van der Waals surface area (Å²) in [5.41, 5.74) is 8.40. The van der Waals surface area contributed by atoms with Crippen molar-refractivity contribution < 1.29 is 0 Å². The smallest absolute Gasteiger partial charge is 0.205 e. The Morgan fingerprint density at radius 1 is 0.941 bits per heavy atom. The zero-order valence-corrected chi connectivity index (χ0v) is 20.5. The third kappa shape index (κ3) is 5.96. The van der Waals surface area contributed by atoms with E-state index in [9.17, 15) is 0 Å². The first-order valence-electron chi connectivity index (χ1n) is 11.8. The zero-order chi connectivity index (χ0) is 24.1. The van der Waals surface area contributed by atoms with Crippen molar-refractivity contribution in [3.63, 3.8) is 0 Å². The van der Waals surface area contributed by atoms with E-state index in [1.54, 1.807) is 0 Å². The third-order valence-electron chi connectivity index (χ3n) is 6.21. The number of guanidine groups is 1. The minimum Gasteiger partial charge on any atom is -0.358 e. The van der Waals surface area contributed by atoms with Crippen LogP contribution in [0.15, 0.2) is 96.8 Å². The lowest BCUT2D eigenvalue weighted by Gasteiger charge is -2.25. The van der Waals surface area contributed by atoms with Crippen molar-refractivity contribution in [1.29, 1.82) is 0 Å². The van der Waals surface area contributed by atoms with Crippen LogP contribution in [0, 0.1) is 6.92 Å². The Bertz CT molecular complexity index is 1190. The van der Waals surface area contributed by atoms with Gasteiger partial charge in [0.15, 0.2) is 0 Å². The van der Waals surface area contributed by atoms with Crippen molar-refractivity contribution >= 4 is 17.2 Å². The van der Waals surface area contributed by atoms with Crippen LogP contribution in [0.4, 0.5) is 5.69 Å². The van der Waals surface area contributed by atoms with Crippen molar-refractivity contribution in [2.45, 2.75) is 26.8 Å². The largest absolute Gasteiger partial charge is 0.358 e. The maximum atomic E-state index is 4.82. The van der Waals surface area contributed by atoms with Crippen LogP contribution < -0.4 is 5.32 Å². The Labute approximate surface area is 204 Å². The third-order valence-corrected chi connectivity index (χ3v) is 6.21. The molecule has 0 saturated heterocycles. The lowest BCUT2D eigenvalue weighted by molar-refractivity contribution is 0.347. The molecule has 0 radical (unpaired) electrons. The number of rotatable bonds is 6. The summed E-state index contributed by atoms with van der Waals surface area (Å²) in [4.78, 5) is 9.20. The number of nitrogens with one attached hydrogen (secondary N) is 1. The van der Waals surface area contributed by atoms with Gasteiger partial charge in [0.25, 0.3) is 0 Å². The normalized spacial score (nSPS) is 14.0. The molecule has 1 heterocycles. The quantitative estimate of drug-likeness (QED) is 0.478. The average molecular weight is 451 g/mol. The summed E-state index contributed by atoms with van der Waals surface area (Å²) in [7, 11) is 2.04. The summed E-state index contributed by atoms with van der Waals surface area (Å²) in [6.45, 7) is 14.9. The van der Waals surface area contributed by atoms with Gasteiger partial charge in [-0.15, -0.1) is 0 Å². The maximum Gasteiger partial charge on any atom is 0.205 e. The maximum absolute atomic E-state index is 4.82. The van der Waals surface area contributed by atoms with Gasteiger partial charge in [0.2, 0.25) is 5.96 Å². The van der Waals surface area contributed by atoms with E-state index in [1.165, 1.54) is 27.8 Å². The molecule has 0 spiro atoms. The van der Waals surface area contributed by atoms with Crippen LogP contribution in [-0.4, -0.2) is 35.9 Å². The summed E-state index contributed by atoms with van der Waals surface area (Å²) in [5, 5.41) is 3.55. The van der Waals surface area contributed by atoms with Crippen molar-refractivity contribution in [2.75, 3.05) is 25.5 Å². The molecule has 1 aliphatic heterocycles. The summed E-state index contributed by atoms with van der Waals surface area (Å²) in [5.74, 6) is 1.60. The highest BCUT2D eigenvalue weighted by molar-refractivity contribution is 5.94. The van der Waals surface area contributed by atoms with Gasteiger partial charge < -0.3 is 15.1 Å². The van der Waals surface area contributed by atoms with Gasteiger partial charge in [0.05, 0.1) is 0 Å². The molecule has 4 rings (SSSR count). The van der Waals surface area contributed by atoms with Crippen molar-refractivity contribution in [3.05, 3.63) is 120 Å². The van der Waals surface area contributed by atoms with E-state index in [4.69, 9.17) is 4.99 Å². The molecule has 1 aliphatic rings. The van der Waals surface area contributed by atoms with Gasteiger partial charge >= 0.3 is 0 Å². The Morgan fingerprint density at radius 2 is 1.65 bits per heavy atom. The number of hydrogen-bond acceptors (Lipinski definition) is 4. The van der Waals surface area contributed by atoms with Gasteiger partial charge in [-0.3, -0.25) is 0 Å². The van der Waals surface area contributed by atoms with E-state index in [1.807, 2.05) is 14.0 Å². The molecule has 0 bridgehead atoms. The van der Waals surface area contributed by atoms with E-state index < -0.39 is 0 Å². The number of benzene rings is 3. The highest BCUT2D eigenvalue weighted by Crippen LogP contribution is 2.19. The summed E-state index contributed by atoms with van der Waals surface area (Å²) >= 11 is 0. The molecule has 0 atom stereocenters. The van der Waals surface area contributed by atoms with Crippen LogP contribution in [0.2, 0.25) is 0 Å². The standard InChI is InChI=1S/C30H34N4/c1-22(2)28-8-6-7-27(20-28)19-25-13-15-29(16-14-25)32-30-31-24(4)33(5)17-18-34(30)21-26-11-9-23(3)10-12-26/h6-16,20H,1,4,17-19,21H2,2-3,5H3,(H,31,32). The molecule has 0 saturated carbocycles. The van der Waals surface area contributed by atoms with Crippen molar-refractivity contribution in [2.24, 2.45) is 4.99 Å². The fraction of sp³-hybridized carbons (Fsp3) is 0.233. The predicted molar refractivity (Wildman–Crippen MR) is 145 cm³/mol. The van der Waals surface area contributed by atoms with Gasteiger partial charge in [0.1, 0.15) is 5.82 Å². The molecule has 0 fully saturated rings. The second-order valence-electron chi connectivity index (χ2n) is 9.16. The predicted octanol–water partition coefficient (Wildman–Crippen LogP) is 6.31. The van der Waals surface area contributed by atoms with Gasteiger partial charge in [-0.05, 0) is 54.7 Å². The number of anilines is 1. The Hall–Kier alpha value is -3.79. The van der Waals surface area contributed by atoms with E-state index in [0.717, 1.165) is 49.1 Å². The second-order valence-corrected chi connectivity index (χ2v) is 9.16. The SMILES string of the molecule is C=C(C)c1cccc(Cc2ccc(NC3=NC(=C)N(C)CCN3Cc3ccc(C)cc3)cc2)c1. The number of nitrogens with zero attached hydrogens (tertiary/aromatic N) is 3. The first-order chi connectivity index (χ1) is 16.4. The molecule has 174 valence electrons. The van der Waals surface area contributed by atoms with Crippen LogP contribution in [0.25, 0.3) is 5.57 Å². The summed E-state index contributed by atoms with van der Waals surface area (Å²) < 4.78 is 0. The van der Waals surface area contributed by atoms with Crippen LogP contribution in [-0.2, 0) is 13.0 Å². The van der Waals surface area contributed by atoms with Crippen LogP contribution >= 0.6 is 0 Å². The van der Waals surface area contributed by atoms with E-state index in [-0.39, 0.29) is 0 Å². The average Bonchev–Trinajstić information content (AvgIpc) is 2.95. The Morgan fingerprint density at radius 3 is 2.35 bits per heavy atom. The zero-order valence-electron chi connectivity index (χ0n) is 20.5. The van der Waals surface area contributed by atoms with E-state index in [2.05, 4.69) is 108 Å². The van der Waals surface area contributed by atoms with Crippen LogP contribution in [0.3, 0.4) is 0 Å². The van der Waals surface area contributed by atoms with Gasteiger partial charge in [-0.25, -0.2) is 0 Å². The lowest BCUT2D eigenvalue weighted by atomic mass is 10.0. The second kappa shape index (κ2) is 10.4. The molecular weight excluding hydrogens is 416 g/mol. The molecule has 0 aromatic heterocycles. The molecule has 0 aliphatic carbocycles. The number of hydrogen-bond donors (Lipinski definition) is 1. The molecule has 3 aromatic rings. The molecule has 3 aromatic carbocycles. The van der Waals surface area contributed by atoms with Crippen molar-refractivity contribution in [3.8, 4) is 0 Å². The number of aryl methyl sites for hydroxylation is 1. The molecule has 0 unspecified atom stereocenters. The summed E-state index contributed by atoms with van der Waals surface area (Å²) in [6, 6.07) is 25.9. The minimum absolute atomic E-state index is 0.767. The molecule has 0 amide bonds. The fourth-order valence-electron chi connectivity index (χ4n) is 3.98. The number of allylic oxidation sites excluding steroid dienone is 1. The molecule has 34 heavy (non-hydrogen) atoms. The number of aliphatic imine (C=N–C) groups is 1. The van der Waals surface area contributed by atoms with Crippen molar-refractivity contribution in [1.82, 2.24) is 9.80 Å². The van der Waals surface area contributed by atoms with Gasteiger partial charge in [-0.2, -0.15) is 4.99 Å². The molecule has 4 nitrogen and oxygen atoms in total. The minimum atomic E-state index is 0.767. The highest BCUT2D eigenvalue weighted by Gasteiger charge is 2.18. The molecule has 1 N–H and O–H groups in total. The Kier molecular flexibility index (Phi) is 7.17. The van der Waals surface area contributed by atoms with Crippen LogP contribution in [0.1, 0.15) is 34.7 Å². The fourth-order valence-corrected chi connectivity index (χ4v) is 3.98. The highest BCUT2D eigenvalue weighted by atomic mass is 15.4. The van der Waals surface area contributed by atoms with Gasteiger partial charge in [0, 0.05) is 32.4 Å². The first kappa shape index (κ1) is 23.4. The first-order valence-corrected chi connectivity index (χ1v) is 11.8. The number of likely N-dealkylation sites (N-methyl/N-ethyl adjacent to an activating group) is 1. The van der Waals surface area contributed by atoms with E-state index in [0.29, 0.717) is 0 Å². The molecular formula is C30H34N4.